The predicted octanol–water partition coefficient (Wildman–Crippen LogP) is 3.36. The zero-order valence-corrected chi connectivity index (χ0v) is 15.1. The molecule has 0 spiro atoms. The molecule has 0 bridgehead atoms. The molecule has 4 N–H and O–H groups in total. The molecule has 25 heavy (non-hydrogen) atoms. The quantitative estimate of drug-likeness (QED) is 0.762. The molecule has 6 nitrogen and oxygen atoms in total. The first-order chi connectivity index (χ1) is 11.9. The van der Waals surface area contributed by atoms with Crippen LogP contribution in [0.1, 0.15) is 29.3 Å². The van der Waals surface area contributed by atoms with Crippen LogP contribution in [-0.4, -0.2) is 26.9 Å². The molecule has 1 aliphatic rings. The molecule has 0 saturated heterocycles. The first-order valence-corrected chi connectivity index (χ1v) is 8.98. The summed E-state index contributed by atoms with van der Waals surface area (Å²) < 4.78 is 0. The van der Waals surface area contributed by atoms with E-state index >= 15 is 0 Å². The maximum atomic E-state index is 12.5. The molecule has 1 amide bonds. The number of phenolic OH excluding ortho intramolecular Hbond substituents is 1. The Morgan fingerprint density at radius 1 is 1.40 bits per heavy atom. The minimum absolute atomic E-state index is 0.110. The number of amides is 1. The molecule has 1 atom stereocenters. The van der Waals surface area contributed by atoms with E-state index < -0.39 is 11.4 Å². The van der Waals surface area contributed by atoms with Crippen LogP contribution >= 0.6 is 23.4 Å². The molecule has 0 unspecified atom stereocenters. The Hall–Kier alpha value is -2.25. The molecular weight excluding hydrogens is 360 g/mol. The Balaban J connectivity index is 1.90. The highest BCUT2D eigenvalue weighted by molar-refractivity contribution is 8.13. The number of rotatable bonds is 3. The van der Waals surface area contributed by atoms with E-state index in [1.807, 2.05) is 6.92 Å². The largest absolute Gasteiger partial charge is 0.507 e. The van der Waals surface area contributed by atoms with Crippen molar-refractivity contribution in [3.63, 3.8) is 0 Å². The van der Waals surface area contributed by atoms with Gasteiger partial charge in [0.1, 0.15) is 11.6 Å². The molecule has 1 aliphatic heterocycles. The lowest BCUT2D eigenvalue weighted by molar-refractivity contribution is 0.102. The lowest BCUT2D eigenvalue weighted by Crippen LogP contribution is -2.29. The molecule has 1 aromatic heterocycles. The fourth-order valence-corrected chi connectivity index (χ4v) is 3.67. The second-order valence-corrected chi connectivity index (χ2v) is 7.42. The smallest absolute Gasteiger partial charge is 0.260 e. The lowest BCUT2D eigenvalue weighted by atomic mass is 9.88. The van der Waals surface area contributed by atoms with Crippen LogP contribution in [0, 0.1) is 0 Å². The molecule has 3 rings (SSSR count). The minimum Gasteiger partial charge on any atom is -0.507 e. The average molecular weight is 377 g/mol. The van der Waals surface area contributed by atoms with Gasteiger partial charge in [-0.1, -0.05) is 29.4 Å². The standard InChI is InChI=1S/C17H17ClN4O2S/c1-17(6-7-25-16(19)22-17)10-2-4-13(23)12(8-10)15(24)21-14-5-3-11(18)9-20-14/h2-5,8-9,23H,6-7H2,1H3,(H2,19,22)(H,20,21,24)/t17-/m0/s1. The maximum Gasteiger partial charge on any atom is 0.260 e. The van der Waals surface area contributed by atoms with E-state index in [1.165, 1.54) is 24.0 Å². The number of aromatic hydroxyl groups is 1. The molecule has 0 fully saturated rings. The van der Waals surface area contributed by atoms with Crippen LogP contribution < -0.4 is 11.1 Å². The fraction of sp³-hybridized carbons (Fsp3) is 0.235. The van der Waals surface area contributed by atoms with Gasteiger partial charge in [-0.15, -0.1) is 0 Å². The SMILES string of the molecule is C[C@@]1(c2ccc(O)c(C(=O)Nc3ccc(Cl)cn3)c2)CCSC(N)=N1. The van der Waals surface area contributed by atoms with Gasteiger partial charge in [0.15, 0.2) is 5.17 Å². The van der Waals surface area contributed by atoms with Crippen molar-refractivity contribution in [3.8, 4) is 5.75 Å². The molecule has 0 aliphatic carbocycles. The summed E-state index contributed by atoms with van der Waals surface area (Å²) in [6, 6.07) is 8.12. The third kappa shape index (κ3) is 3.88. The second kappa shape index (κ2) is 6.93. The van der Waals surface area contributed by atoms with Gasteiger partial charge < -0.3 is 16.2 Å². The van der Waals surface area contributed by atoms with Gasteiger partial charge in [0.2, 0.25) is 0 Å². The van der Waals surface area contributed by atoms with Crippen molar-refractivity contribution in [2.45, 2.75) is 18.9 Å². The van der Waals surface area contributed by atoms with E-state index in [1.54, 1.807) is 24.3 Å². The van der Waals surface area contributed by atoms with Crippen LogP contribution in [0.5, 0.6) is 5.75 Å². The number of carbonyl (C=O) groups is 1. The molecule has 1 aromatic carbocycles. The number of aliphatic imine (C=N–C) groups is 1. The zero-order chi connectivity index (χ0) is 18.0. The summed E-state index contributed by atoms with van der Waals surface area (Å²) in [5, 5.41) is 13.7. The molecule has 2 heterocycles. The number of benzene rings is 1. The van der Waals surface area contributed by atoms with E-state index in [0.29, 0.717) is 16.0 Å². The summed E-state index contributed by atoms with van der Waals surface area (Å²) in [5.74, 6) is 0.630. The van der Waals surface area contributed by atoms with Gasteiger partial charge in [-0.05, 0) is 43.2 Å². The minimum atomic E-state index is -0.517. The number of hydrogen-bond donors (Lipinski definition) is 3. The molecule has 8 heteroatoms. The van der Waals surface area contributed by atoms with E-state index in [4.69, 9.17) is 17.3 Å². The number of nitrogens with zero attached hydrogens (tertiary/aromatic N) is 2. The summed E-state index contributed by atoms with van der Waals surface area (Å²) in [7, 11) is 0. The van der Waals surface area contributed by atoms with Crippen molar-refractivity contribution in [2.24, 2.45) is 10.7 Å². The first-order valence-electron chi connectivity index (χ1n) is 7.62. The van der Waals surface area contributed by atoms with Gasteiger partial charge >= 0.3 is 0 Å². The van der Waals surface area contributed by atoms with Crippen LogP contribution in [0.15, 0.2) is 41.5 Å². The number of hydrogen-bond acceptors (Lipinski definition) is 6. The number of halogens is 1. The van der Waals surface area contributed by atoms with Crippen molar-refractivity contribution in [3.05, 3.63) is 52.7 Å². The Bertz CT molecular complexity index is 841. The summed E-state index contributed by atoms with van der Waals surface area (Å²) in [5.41, 5.74) is 6.31. The zero-order valence-electron chi connectivity index (χ0n) is 13.5. The van der Waals surface area contributed by atoms with Gasteiger partial charge in [-0.25, -0.2) is 4.98 Å². The number of nitrogens with two attached hydrogens (primary N) is 1. The van der Waals surface area contributed by atoms with Crippen molar-refractivity contribution < 1.29 is 9.90 Å². The van der Waals surface area contributed by atoms with Gasteiger partial charge in [0, 0.05) is 11.9 Å². The van der Waals surface area contributed by atoms with Gasteiger partial charge in [-0.2, -0.15) is 0 Å². The summed E-state index contributed by atoms with van der Waals surface area (Å²) >= 11 is 7.30. The van der Waals surface area contributed by atoms with Crippen LogP contribution in [0.3, 0.4) is 0 Å². The van der Waals surface area contributed by atoms with E-state index in [0.717, 1.165) is 17.7 Å². The van der Waals surface area contributed by atoms with Crippen molar-refractivity contribution in [1.82, 2.24) is 4.98 Å². The average Bonchev–Trinajstić information content (AvgIpc) is 2.57. The summed E-state index contributed by atoms with van der Waals surface area (Å²) in [6.45, 7) is 1.97. The lowest BCUT2D eigenvalue weighted by Gasteiger charge is -2.30. The van der Waals surface area contributed by atoms with Crippen LogP contribution in [0.4, 0.5) is 5.82 Å². The van der Waals surface area contributed by atoms with Crippen LogP contribution in [0.25, 0.3) is 0 Å². The highest BCUT2D eigenvalue weighted by atomic mass is 35.5. The molecule has 2 aromatic rings. The number of amidine groups is 1. The number of anilines is 1. The summed E-state index contributed by atoms with van der Waals surface area (Å²) in [6.07, 6.45) is 2.23. The highest BCUT2D eigenvalue weighted by Crippen LogP contribution is 2.36. The number of phenols is 1. The molecule has 130 valence electrons. The van der Waals surface area contributed by atoms with Gasteiger partial charge in [0.25, 0.3) is 5.91 Å². The number of aromatic nitrogens is 1. The molecule has 0 saturated carbocycles. The Morgan fingerprint density at radius 2 is 2.20 bits per heavy atom. The van der Waals surface area contributed by atoms with E-state index in [9.17, 15) is 9.90 Å². The molecule has 0 radical (unpaired) electrons. The van der Waals surface area contributed by atoms with E-state index in [2.05, 4.69) is 15.3 Å². The van der Waals surface area contributed by atoms with Crippen molar-refractivity contribution in [1.29, 1.82) is 0 Å². The van der Waals surface area contributed by atoms with Crippen molar-refractivity contribution >= 4 is 40.3 Å². The number of thioether (sulfide) groups is 1. The number of pyridine rings is 1. The van der Waals surface area contributed by atoms with Gasteiger partial charge in [-0.3, -0.25) is 9.79 Å². The topological polar surface area (TPSA) is 101 Å². The Morgan fingerprint density at radius 3 is 2.88 bits per heavy atom. The molecular formula is C17H17ClN4O2S. The first kappa shape index (κ1) is 17.6. The van der Waals surface area contributed by atoms with Crippen LogP contribution in [0.2, 0.25) is 5.02 Å². The van der Waals surface area contributed by atoms with Gasteiger partial charge in [0.05, 0.1) is 16.1 Å². The van der Waals surface area contributed by atoms with E-state index in [-0.39, 0.29) is 11.3 Å². The normalized spacial score (nSPS) is 20.0. The highest BCUT2D eigenvalue weighted by Gasteiger charge is 2.30. The van der Waals surface area contributed by atoms with Crippen molar-refractivity contribution in [2.75, 3.05) is 11.1 Å². The predicted molar refractivity (Wildman–Crippen MR) is 101 cm³/mol. The third-order valence-corrected chi connectivity index (χ3v) is 5.05. The Labute approximate surface area is 154 Å². The summed E-state index contributed by atoms with van der Waals surface area (Å²) in [4.78, 5) is 21.1. The monoisotopic (exact) mass is 376 g/mol. The number of nitrogens with one attached hydrogen (secondary N) is 1. The maximum absolute atomic E-state index is 12.5. The second-order valence-electron chi connectivity index (χ2n) is 5.87. The number of carbonyl (C=O) groups excluding carboxylic acids is 1. The Kier molecular flexibility index (Phi) is 4.87. The third-order valence-electron chi connectivity index (χ3n) is 4.03. The van der Waals surface area contributed by atoms with Crippen LogP contribution in [-0.2, 0) is 5.54 Å². The fourth-order valence-electron chi connectivity index (χ4n) is 2.58.